The molecule has 84 valence electrons. The van der Waals surface area contributed by atoms with E-state index >= 15 is 0 Å². The SMILES string of the molecule is CCCc1nccn1-c1ccc(N)c(N)n1. The first-order valence-corrected chi connectivity index (χ1v) is 5.27. The Hall–Kier alpha value is -2.04. The Kier molecular flexibility index (Phi) is 2.76. The maximum atomic E-state index is 5.68. The van der Waals surface area contributed by atoms with Crippen molar-refractivity contribution >= 4 is 11.5 Å². The summed E-state index contributed by atoms with van der Waals surface area (Å²) in [7, 11) is 0. The first-order chi connectivity index (χ1) is 7.72. The van der Waals surface area contributed by atoms with E-state index in [-0.39, 0.29) is 0 Å². The molecule has 0 bridgehead atoms. The van der Waals surface area contributed by atoms with Crippen LogP contribution < -0.4 is 11.5 Å². The van der Waals surface area contributed by atoms with Crippen molar-refractivity contribution in [3.05, 3.63) is 30.4 Å². The molecule has 5 nitrogen and oxygen atoms in total. The highest BCUT2D eigenvalue weighted by Gasteiger charge is 2.06. The van der Waals surface area contributed by atoms with Crippen molar-refractivity contribution in [1.82, 2.24) is 14.5 Å². The molecule has 0 spiro atoms. The Morgan fingerprint density at radius 2 is 2.12 bits per heavy atom. The van der Waals surface area contributed by atoms with Crippen molar-refractivity contribution in [3.8, 4) is 5.82 Å². The molecule has 2 heterocycles. The zero-order valence-electron chi connectivity index (χ0n) is 9.22. The Bertz CT molecular complexity index is 489. The van der Waals surface area contributed by atoms with Crippen molar-refractivity contribution in [3.63, 3.8) is 0 Å². The summed E-state index contributed by atoms with van der Waals surface area (Å²) >= 11 is 0. The van der Waals surface area contributed by atoms with Crippen LogP contribution in [0.15, 0.2) is 24.5 Å². The second-order valence-corrected chi connectivity index (χ2v) is 3.61. The molecule has 5 heteroatoms. The van der Waals surface area contributed by atoms with Gasteiger partial charge in [-0.15, -0.1) is 0 Å². The fourth-order valence-electron chi connectivity index (χ4n) is 1.56. The molecule has 0 fully saturated rings. The second kappa shape index (κ2) is 4.22. The van der Waals surface area contributed by atoms with Crippen molar-refractivity contribution in [1.29, 1.82) is 0 Å². The van der Waals surface area contributed by atoms with Crippen molar-refractivity contribution in [2.45, 2.75) is 19.8 Å². The summed E-state index contributed by atoms with van der Waals surface area (Å²) < 4.78 is 1.93. The van der Waals surface area contributed by atoms with Crippen molar-refractivity contribution in [2.75, 3.05) is 11.5 Å². The van der Waals surface area contributed by atoms with E-state index in [0.29, 0.717) is 11.5 Å². The smallest absolute Gasteiger partial charge is 0.149 e. The van der Waals surface area contributed by atoms with Gasteiger partial charge in [-0.3, -0.25) is 4.57 Å². The third kappa shape index (κ3) is 1.84. The summed E-state index contributed by atoms with van der Waals surface area (Å²) in [5.41, 5.74) is 11.8. The van der Waals surface area contributed by atoms with Gasteiger partial charge in [0.15, 0.2) is 0 Å². The lowest BCUT2D eigenvalue weighted by Crippen LogP contribution is -2.05. The normalized spacial score (nSPS) is 10.6. The van der Waals surface area contributed by atoms with E-state index < -0.39 is 0 Å². The lowest BCUT2D eigenvalue weighted by atomic mass is 10.3. The molecule has 2 aromatic heterocycles. The van der Waals surface area contributed by atoms with Crippen molar-refractivity contribution < 1.29 is 0 Å². The van der Waals surface area contributed by atoms with Crippen LogP contribution in [-0.4, -0.2) is 14.5 Å². The van der Waals surface area contributed by atoms with Crippen LogP contribution in [0.1, 0.15) is 19.2 Å². The van der Waals surface area contributed by atoms with E-state index in [1.54, 1.807) is 12.3 Å². The van der Waals surface area contributed by atoms with Crippen LogP contribution in [0, 0.1) is 0 Å². The first-order valence-electron chi connectivity index (χ1n) is 5.27. The molecule has 0 amide bonds. The van der Waals surface area contributed by atoms with Gasteiger partial charge < -0.3 is 11.5 Å². The minimum atomic E-state index is 0.355. The number of imidazole rings is 1. The minimum absolute atomic E-state index is 0.355. The number of aromatic nitrogens is 3. The zero-order chi connectivity index (χ0) is 11.5. The molecule has 16 heavy (non-hydrogen) atoms. The van der Waals surface area contributed by atoms with Crippen LogP contribution in [0.4, 0.5) is 11.5 Å². The molecule has 0 saturated carbocycles. The lowest BCUT2D eigenvalue weighted by molar-refractivity contribution is 0.799. The van der Waals surface area contributed by atoms with Crippen LogP contribution >= 0.6 is 0 Å². The number of pyridine rings is 1. The topological polar surface area (TPSA) is 82.8 Å². The molecule has 0 aliphatic heterocycles. The molecule has 0 unspecified atom stereocenters. The summed E-state index contributed by atoms with van der Waals surface area (Å²) in [6, 6.07) is 3.60. The predicted octanol–water partition coefficient (Wildman–Crippen LogP) is 1.38. The standard InChI is InChI=1S/C11H15N5/c1-2-3-9-14-6-7-16(9)10-5-4-8(12)11(13)15-10/h4-7H,2-3,12H2,1H3,(H2,13,15). The molecule has 0 radical (unpaired) electrons. The van der Waals surface area contributed by atoms with E-state index in [2.05, 4.69) is 16.9 Å². The Labute approximate surface area is 94.1 Å². The van der Waals surface area contributed by atoms with Gasteiger partial charge >= 0.3 is 0 Å². The number of anilines is 2. The average Bonchev–Trinajstić information content (AvgIpc) is 2.71. The number of rotatable bonds is 3. The maximum absolute atomic E-state index is 5.68. The highest BCUT2D eigenvalue weighted by atomic mass is 15.1. The predicted molar refractivity (Wildman–Crippen MR) is 64.2 cm³/mol. The van der Waals surface area contributed by atoms with Gasteiger partial charge in [0.1, 0.15) is 17.5 Å². The monoisotopic (exact) mass is 217 g/mol. The fourth-order valence-corrected chi connectivity index (χ4v) is 1.56. The van der Waals surface area contributed by atoms with Crippen LogP contribution in [0.2, 0.25) is 0 Å². The van der Waals surface area contributed by atoms with Gasteiger partial charge in [-0.2, -0.15) is 0 Å². The number of hydrogen-bond acceptors (Lipinski definition) is 4. The summed E-state index contributed by atoms with van der Waals surface area (Å²) in [4.78, 5) is 8.52. The fraction of sp³-hybridized carbons (Fsp3) is 0.273. The molecule has 0 aromatic carbocycles. The van der Waals surface area contributed by atoms with E-state index in [9.17, 15) is 0 Å². The summed E-state index contributed by atoms with van der Waals surface area (Å²) in [6.07, 6.45) is 5.60. The molecular weight excluding hydrogens is 202 g/mol. The quantitative estimate of drug-likeness (QED) is 0.813. The molecule has 2 aromatic rings. The summed E-state index contributed by atoms with van der Waals surface area (Å²) in [6.45, 7) is 2.11. The number of nitrogen functional groups attached to an aromatic ring is 2. The lowest BCUT2D eigenvalue weighted by Gasteiger charge is -2.07. The highest BCUT2D eigenvalue weighted by molar-refractivity contribution is 5.59. The summed E-state index contributed by atoms with van der Waals surface area (Å²) in [5, 5.41) is 0. The first kappa shape index (κ1) is 10.5. The van der Waals surface area contributed by atoms with E-state index in [0.717, 1.165) is 24.5 Å². The van der Waals surface area contributed by atoms with Gasteiger partial charge in [-0.1, -0.05) is 6.92 Å². The minimum Gasteiger partial charge on any atom is -0.396 e. The third-order valence-corrected chi connectivity index (χ3v) is 2.38. The molecular formula is C11H15N5. The Morgan fingerprint density at radius 3 is 2.81 bits per heavy atom. The average molecular weight is 217 g/mol. The van der Waals surface area contributed by atoms with E-state index in [1.165, 1.54) is 0 Å². The highest BCUT2D eigenvalue weighted by Crippen LogP contribution is 2.16. The van der Waals surface area contributed by atoms with E-state index in [4.69, 9.17) is 11.5 Å². The number of nitrogens with two attached hydrogens (primary N) is 2. The molecule has 2 rings (SSSR count). The molecule has 0 atom stereocenters. The van der Waals surface area contributed by atoms with Gasteiger partial charge in [0.2, 0.25) is 0 Å². The second-order valence-electron chi connectivity index (χ2n) is 3.61. The van der Waals surface area contributed by atoms with Gasteiger partial charge in [0.25, 0.3) is 0 Å². The van der Waals surface area contributed by atoms with Crippen LogP contribution in [0.5, 0.6) is 0 Å². The molecule has 0 saturated heterocycles. The molecule has 4 N–H and O–H groups in total. The largest absolute Gasteiger partial charge is 0.396 e. The van der Waals surface area contributed by atoms with Crippen LogP contribution in [0.25, 0.3) is 5.82 Å². The Morgan fingerprint density at radius 1 is 1.31 bits per heavy atom. The van der Waals surface area contributed by atoms with Crippen LogP contribution in [0.3, 0.4) is 0 Å². The number of hydrogen-bond donors (Lipinski definition) is 2. The number of aryl methyl sites for hydroxylation is 1. The van der Waals surface area contributed by atoms with Gasteiger partial charge in [-0.25, -0.2) is 9.97 Å². The molecule has 0 aliphatic rings. The summed E-state index contributed by atoms with van der Waals surface area (Å²) in [5.74, 6) is 2.10. The third-order valence-electron chi connectivity index (χ3n) is 2.38. The van der Waals surface area contributed by atoms with Gasteiger partial charge in [-0.05, 0) is 18.6 Å². The number of nitrogens with zero attached hydrogens (tertiary/aromatic N) is 3. The van der Waals surface area contributed by atoms with Crippen molar-refractivity contribution in [2.24, 2.45) is 0 Å². The van der Waals surface area contributed by atoms with Gasteiger partial charge in [0, 0.05) is 18.8 Å². The Balaban J connectivity index is 2.42. The molecule has 0 aliphatic carbocycles. The maximum Gasteiger partial charge on any atom is 0.149 e. The van der Waals surface area contributed by atoms with Gasteiger partial charge in [0.05, 0.1) is 5.69 Å². The van der Waals surface area contributed by atoms with E-state index in [1.807, 2.05) is 16.8 Å². The zero-order valence-corrected chi connectivity index (χ0v) is 9.22. The van der Waals surface area contributed by atoms with Crippen LogP contribution in [-0.2, 0) is 6.42 Å².